The van der Waals surface area contributed by atoms with Crippen molar-refractivity contribution < 1.29 is 0 Å². The van der Waals surface area contributed by atoms with Gasteiger partial charge in [0.15, 0.2) is 0 Å². The normalized spacial score (nSPS) is 10.3. The summed E-state index contributed by atoms with van der Waals surface area (Å²) in [6.07, 6.45) is 4.99. The van der Waals surface area contributed by atoms with Crippen LogP contribution in [0.3, 0.4) is 0 Å². The fourth-order valence-electron chi connectivity index (χ4n) is 0. The summed E-state index contributed by atoms with van der Waals surface area (Å²) < 4.78 is 0. The number of terminal acetylenes is 1. The summed E-state index contributed by atoms with van der Waals surface area (Å²) in [7, 11) is 0. The van der Waals surface area contributed by atoms with E-state index in [1.165, 1.54) is 0 Å². The van der Waals surface area contributed by atoms with Crippen molar-refractivity contribution in [1.29, 1.82) is 0 Å². The van der Waals surface area contributed by atoms with E-state index >= 15 is 0 Å². The molecule has 0 unspecified atom stereocenters. The van der Waals surface area contributed by atoms with Gasteiger partial charge in [-0.15, -0.1) is 12.3 Å². The molecule has 33 valence electrons. The van der Waals surface area contributed by atoms with Crippen LogP contribution in [0, 0.1) is 24.7 Å². The van der Waals surface area contributed by atoms with Crippen molar-refractivity contribution in [3.05, 3.63) is 6.92 Å². The van der Waals surface area contributed by atoms with E-state index in [4.69, 9.17) is 6.42 Å². The molecular formula is C6H9. The van der Waals surface area contributed by atoms with Crippen LogP contribution < -0.4 is 0 Å². The van der Waals surface area contributed by atoms with Gasteiger partial charge >= 0.3 is 0 Å². The SMILES string of the molecule is C#CC([CH2])(C)C. The molecule has 0 aromatic heterocycles. The zero-order chi connectivity index (χ0) is 5.21. The predicted molar refractivity (Wildman–Crippen MR) is 28.0 cm³/mol. The molecule has 0 bridgehead atoms. The molecule has 0 heteroatoms. The zero-order valence-electron chi connectivity index (χ0n) is 4.28. The van der Waals surface area contributed by atoms with Gasteiger partial charge in [0.25, 0.3) is 0 Å². The van der Waals surface area contributed by atoms with Crippen molar-refractivity contribution >= 4 is 0 Å². The van der Waals surface area contributed by atoms with Gasteiger partial charge in [-0.3, -0.25) is 0 Å². The second kappa shape index (κ2) is 1.34. The molecule has 0 aromatic rings. The summed E-state index contributed by atoms with van der Waals surface area (Å²) >= 11 is 0. The third-order valence-corrected chi connectivity index (χ3v) is 0.391. The molecule has 6 heavy (non-hydrogen) atoms. The minimum Gasteiger partial charge on any atom is -0.120 e. The lowest BCUT2D eigenvalue weighted by atomic mass is 9.99. The Morgan fingerprint density at radius 1 is 1.67 bits per heavy atom. The lowest BCUT2D eigenvalue weighted by Crippen LogP contribution is -1.98. The van der Waals surface area contributed by atoms with Crippen LogP contribution >= 0.6 is 0 Å². The molecule has 0 fully saturated rings. The van der Waals surface area contributed by atoms with Crippen LogP contribution in [-0.2, 0) is 0 Å². The molecule has 0 saturated heterocycles. The highest BCUT2D eigenvalue weighted by Crippen LogP contribution is 2.07. The lowest BCUT2D eigenvalue weighted by molar-refractivity contribution is 0.651. The van der Waals surface area contributed by atoms with E-state index < -0.39 is 0 Å². The van der Waals surface area contributed by atoms with Gasteiger partial charge in [-0.2, -0.15) is 0 Å². The lowest BCUT2D eigenvalue weighted by Gasteiger charge is -2.04. The van der Waals surface area contributed by atoms with E-state index in [-0.39, 0.29) is 5.41 Å². The summed E-state index contributed by atoms with van der Waals surface area (Å²) in [5, 5.41) is 0. The maximum Gasteiger partial charge on any atom is 0.0256 e. The van der Waals surface area contributed by atoms with Gasteiger partial charge in [0.1, 0.15) is 0 Å². The predicted octanol–water partition coefficient (Wildman–Crippen LogP) is 1.48. The van der Waals surface area contributed by atoms with E-state index in [0.717, 1.165) is 0 Å². The Labute approximate surface area is 39.6 Å². The molecule has 0 saturated carbocycles. The Morgan fingerprint density at radius 3 is 1.83 bits per heavy atom. The third kappa shape index (κ3) is 3.56. The molecule has 0 rings (SSSR count). The van der Waals surface area contributed by atoms with Crippen LogP contribution in [0.2, 0.25) is 0 Å². The monoisotopic (exact) mass is 81.1 g/mol. The van der Waals surface area contributed by atoms with Crippen LogP contribution in [0.25, 0.3) is 0 Å². The highest BCUT2D eigenvalue weighted by atomic mass is 14.0. The Morgan fingerprint density at radius 2 is 1.83 bits per heavy atom. The fourth-order valence-corrected chi connectivity index (χ4v) is 0. The van der Waals surface area contributed by atoms with Gasteiger partial charge in [0.05, 0.1) is 0 Å². The van der Waals surface area contributed by atoms with Crippen LogP contribution in [0.5, 0.6) is 0 Å². The molecule has 0 atom stereocenters. The van der Waals surface area contributed by atoms with Crippen LogP contribution in [0.15, 0.2) is 0 Å². The van der Waals surface area contributed by atoms with Crippen LogP contribution in [-0.4, -0.2) is 0 Å². The molecule has 0 spiro atoms. The van der Waals surface area contributed by atoms with E-state index in [0.29, 0.717) is 0 Å². The van der Waals surface area contributed by atoms with Crippen molar-refractivity contribution in [3.63, 3.8) is 0 Å². The Bertz CT molecular complexity index is 67.0. The minimum absolute atomic E-state index is 0.181. The summed E-state index contributed by atoms with van der Waals surface area (Å²) in [4.78, 5) is 0. The fraction of sp³-hybridized carbons (Fsp3) is 0.500. The van der Waals surface area contributed by atoms with Crippen molar-refractivity contribution in [2.45, 2.75) is 13.8 Å². The second-order valence-corrected chi connectivity index (χ2v) is 2.03. The largest absolute Gasteiger partial charge is 0.120 e. The average molecular weight is 81.1 g/mol. The third-order valence-electron chi connectivity index (χ3n) is 0.391. The first kappa shape index (κ1) is 5.56. The molecule has 0 amide bonds. The molecule has 0 aromatic carbocycles. The van der Waals surface area contributed by atoms with Crippen molar-refractivity contribution in [1.82, 2.24) is 0 Å². The minimum atomic E-state index is -0.181. The Balaban J connectivity index is 3.55. The topological polar surface area (TPSA) is 0 Å². The molecule has 0 heterocycles. The first-order valence-corrected chi connectivity index (χ1v) is 1.89. The molecule has 1 radical (unpaired) electrons. The summed E-state index contributed by atoms with van der Waals surface area (Å²) in [6.45, 7) is 7.44. The van der Waals surface area contributed by atoms with E-state index in [1.807, 2.05) is 13.8 Å². The van der Waals surface area contributed by atoms with Gasteiger partial charge in [-0.25, -0.2) is 0 Å². The second-order valence-electron chi connectivity index (χ2n) is 2.03. The maximum absolute atomic E-state index is 4.99. The van der Waals surface area contributed by atoms with Crippen molar-refractivity contribution in [2.24, 2.45) is 5.41 Å². The van der Waals surface area contributed by atoms with Crippen LogP contribution in [0.1, 0.15) is 13.8 Å². The molecule has 0 aliphatic heterocycles. The van der Waals surface area contributed by atoms with Gasteiger partial charge in [0, 0.05) is 5.41 Å². The molecule has 0 aliphatic carbocycles. The first-order valence-electron chi connectivity index (χ1n) is 1.89. The smallest absolute Gasteiger partial charge is 0.0256 e. The van der Waals surface area contributed by atoms with E-state index in [9.17, 15) is 0 Å². The first-order chi connectivity index (χ1) is 2.56. The number of hydrogen-bond acceptors (Lipinski definition) is 0. The molecule has 0 aliphatic rings. The standard InChI is InChI=1S/C6H9/c1-5-6(2,3)4/h1H,2H2,3-4H3. The number of rotatable bonds is 0. The van der Waals surface area contributed by atoms with E-state index in [1.54, 1.807) is 0 Å². The summed E-state index contributed by atoms with van der Waals surface area (Å²) in [6, 6.07) is 0. The Hall–Kier alpha value is -0.440. The summed E-state index contributed by atoms with van der Waals surface area (Å²) in [5.41, 5.74) is -0.181. The Kier molecular flexibility index (Phi) is 1.24. The van der Waals surface area contributed by atoms with Gasteiger partial charge < -0.3 is 0 Å². The van der Waals surface area contributed by atoms with Crippen LogP contribution in [0.4, 0.5) is 0 Å². The molecule has 0 N–H and O–H groups in total. The van der Waals surface area contributed by atoms with E-state index in [2.05, 4.69) is 12.8 Å². The maximum atomic E-state index is 4.99. The average Bonchev–Trinajstić information content (AvgIpc) is 1.35. The highest BCUT2D eigenvalue weighted by molar-refractivity contribution is 5.01. The molecular weight excluding hydrogens is 72.1 g/mol. The molecule has 0 nitrogen and oxygen atoms in total. The quantitative estimate of drug-likeness (QED) is 0.387. The zero-order valence-corrected chi connectivity index (χ0v) is 4.28. The van der Waals surface area contributed by atoms with Gasteiger partial charge in [-0.1, -0.05) is 0 Å². The van der Waals surface area contributed by atoms with Gasteiger partial charge in [-0.05, 0) is 20.8 Å². The summed E-state index contributed by atoms with van der Waals surface area (Å²) in [5.74, 6) is 2.49. The van der Waals surface area contributed by atoms with Crippen molar-refractivity contribution in [2.75, 3.05) is 0 Å². The van der Waals surface area contributed by atoms with Crippen molar-refractivity contribution in [3.8, 4) is 12.3 Å². The van der Waals surface area contributed by atoms with Gasteiger partial charge in [0.2, 0.25) is 0 Å². The highest BCUT2D eigenvalue weighted by Gasteiger charge is 2.01. The number of hydrogen-bond donors (Lipinski definition) is 0.